The van der Waals surface area contributed by atoms with Crippen molar-refractivity contribution in [1.82, 2.24) is 15.0 Å². The van der Waals surface area contributed by atoms with E-state index >= 15 is 0 Å². The first-order chi connectivity index (χ1) is 10.4. The van der Waals surface area contributed by atoms with Crippen molar-refractivity contribution in [3.8, 4) is 11.5 Å². The lowest BCUT2D eigenvalue weighted by Gasteiger charge is -2.17. The molecule has 1 aliphatic rings. The Morgan fingerprint density at radius 1 is 1.14 bits per heavy atom. The molecule has 2 heterocycles. The highest BCUT2D eigenvalue weighted by Crippen LogP contribution is 2.38. The minimum atomic E-state index is -1.73. The number of ether oxygens (including phenoxy) is 2. The number of nitrogens with two attached hydrogens (primary N) is 1. The average molecular weight is 303 g/mol. The summed E-state index contributed by atoms with van der Waals surface area (Å²) in [7, 11) is 0. The average Bonchev–Trinajstić information content (AvgIpc) is 2.46. The molecular weight excluding hydrogens is 289 g/mol. The van der Waals surface area contributed by atoms with Gasteiger partial charge < -0.3 is 20.5 Å². The Hall–Kier alpha value is -2.90. The van der Waals surface area contributed by atoms with Gasteiger partial charge in [0.05, 0.1) is 5.69 Å². The number of halogens is 1. The fraction of sp³-hybridized carbons (Fsp3) is 0.214. The van der Waals surface area contributed by atoms with Crippen molar-refractivity contribution < 1.29 is 13.9 Å². The highest BCUT2D eigenvalue weighted by atomic mass is 19.1. The number of nitrogens with one attached hydrogen (secondary N) is 1. The molecule has 0 saturated heterocycles. The quantitative estimate of drug-likeness (QED) is 0.899. The Labute approximate surface area is 126 Å². The van der Waals surface area contributed by atoms with Crippen LogP contribution < -0.4 is 20.5 Å². The summed E-state index contributed by atoms with van der Waals surface area (Å²) < 4.78 is 24.7. The molecule has 0 unspecified atom stereocenters. The van der Waals surface area contributed by atoms with Gasteiger partial charge in [-0.2, -0.15) is 15.0 Å². The van der Waals surface area contributed by atoms with Crippen LogP contribution in [0.2, 0.25) is 0 Å². The molecule has 0 aliphatic carbocycles. The molecule has 0 saturated carbocycles. The SMILES string of the molecule is CC(C)(F)c1nc(N)nc(Nc2cccc3c2OC=CO3)n1. The van der Waals surface area contributed by atoms with Crippen molar-refractivity contribution in [3.05, 3.63) is 36.5 Å². The van der Waals surface area contributed by atoms with Crippen molar-refractivity contribution in [2.24, 2.45) is 0 Å². The zero-order valence-corrected chi connectivity index (χ0v) is 12.0. The molecule has 2 aromatic rings. The molecule has 0 spiro atoms. The molecule has 0 bridgehead atoms. The maximum Gasteiger partial charge on any atom is 0.232 e. The predicted molar refractivity (Wildman–Crippen MR) is 78.5 cm³/mol. The second kappa shape index (κ2) is 5.14. The summed E-state index contributed by atoms with van der Waals surface area (Å²) in [5.41, 5.74) is 4.45. The first-order valence-corrected chi connectivity index (χ1v) is 6.53. The monoisotopic (exact) mass is 303 g/mol. The minimum Gasteiger partial charge on any atom is -0.458 e. The standard InChI is InChI=1S/C14H14FN5O2/c1-14(2,15)11-18-12(16)20-13(19-11)17-8-4-3-5-9-10(8)22-7-6-21-9/h3-7H,1-2H3,(H3,16,17,18,19,20). The molecule has 1 aliphatic heterocycles. The smallest absolute Gasteiger partial charge is 0.232 e. The van der Waals surface area contributed by atoms with E-state index in [0.717, 1.165) is 0 Å². The van der Waals surface area contributed by atoms with Crippen molar-refractivity contribution >= 4 is 17.6 Å². The highest BCUT2D eigenvalue weighted by Gasteiger charge is 2.24. The summed E-state index contributed by atoms with van der Waals surface area (Å²) >= 11 is 0. The molecule has 1 aromatic heterocycles. The molecule has 8 heteroatoms. The Kier molecular flexibility index (Phi) is 3.28. The van der Waals surface area contributed by atoms with Gasteiger partial charge in [0.15, 0.2) is 23.0 Å². The number of anilines is 3. The van der Waals surface area contributed by atoms with E-state index in [1.54, 1.807) is 18.2 Å². The molecule has 0 radical (unpaired) electrons. The Morgan fingerprint density at radius 2 is 1.91 bits per heavy atom. The number of para-hydroxylation sites is 1. The van der Waals surface area contributed by atoms with E-state index in [-0.39, 0.29) is 17.7 Å². The molecule has 0 fully saturated rings. The van der Waals surface area contributed by atoms with E-state index in [0.29, 0.717) is 17.2 Å². The number of nitrogens with zero attached hydrogens (tertiary/aromatic N) is 3. The first-order valence-electron chi connectivity index (χ1n) is 6.53. The van der Waals surface area contributed by atoms with E-state index < -0.39 is 5.67 Å². The van der Waals surface area contributed by atoms with Crippen LogP contribution in [0.1, 0.15) is 19.7 Å². The lowest BCUT2D eigenvalue weighted by atomic mass is 10.1. The maximum atomic E-state index is 14.0. The van der Waals surface area contributed by atoms with Gasteiger partial charge in [-0.25, -0.2) is 4.39 Å². The number of nitrogen functional groups attached to an aromatic ring is 1. The number of hydrogen-bond donors (Lipinski definition) is 2. The van der Waals surface area contributed by atoms with Crippen LogP contribution in [0.25, 0.3) is 0 Å². The van der Waals surface area contributed by atoms with Gasteiger partial charge in [-0.3, -0.25) is 0 Å². The van der Waals surface area contributed by atoms with Crippen molar-refractivity contribution in [3.63, 3.8) is 0 Å². The molecule has 0 atom stereocenters. The van der Waals surface area contributed by atoms with Crippen LogP contribution in [0.5, 0.6) is 11.5 Å². The normalized spacial score (nSPS) is 13.0. The second-order valence-electron chi connectivity index (χ2n) is 5.08. The highest BCUT2D eigenvalue weighted by molar-refractivity contribution is 5.68. The number of hydrogen-bond acceptors (Lipinski definition) is 7. The van der Waals surface area contributed by atoms with Crippen molar-refractivity contribution in [2.45, 2.75) is 19.5 Å². The third kappa shape index (κ3) is 2.76. The number of aromatic nitrogens is 3. The summed E-state index contributed by atoms with van der Waals surface area (Å²) in [5.74, 6) is 1.02. The van der Waals surface area contributed by atoms with Crippen LogP contribution in [0.3, 0.4) is 0 Å². The van der Waals surface area contributed by atoms with Crippen molar-refractivity contribution in [2.75, 3.05) is 11.1 Å². The first kappa shape index (κ1) is 14.1. The maximum absolute atomic E-state index is 14.0. The molecule has 3 N–H and O–H groups in total. The third-order valence-corrected chi connectivity index (χ3v) is 2.85. The zero-order chi connectivity index (χ0) is 15.7. The Bertz CT molecular complexity index is 742. The van der Waals surface area contributed by atoms with E-state index in [1.165, 1.54) is 26.4 Å². The summed E-state index contributed by atoms with van der Waals surface area (Å²) in [6, 6.07) is 5.28. The zero-order valence-electron chi connectivity index (χ0n) is 12.0. The van der Waals surface area contributed by atoms with E-state index in [9.17, 15) is 4.39 Å². The van der Waals surface area contributed by atoms with Gasteiger partial charge >= 0.3 is 0 Å². The lowest BCUT2D eigenvalue weighted by molar-refractivity contribution is 0.206. The summed E-state index contributed by atoms with van der Waals surface area (Å²) in [6.07, 6.45) is 2.84. The fourth-order valence-corrected chi connectivity index (χ4v) is 1.86. The van der Waals surface area contributed by atoms with Gasteiger partial charge in [0.25, 0.3) is 0 Å². The molecule has 1 aromatic carbocycles. The topological polar surface area (TPSA) is 95.2 Å². The number of alkyl halides is 1. The molecule has 22 heavy (non-hydrogen) atoms. The van der Waals surface area contributed by atoms with Crippen LogP contribution in [0.4, 0.5) is 22.0 Å². The van der Waals surface area contributed by atoms with Crippen LogP contribution in [0.15, 0.2) is 30.7 Å². The third-order valence-electron chi connectivity index (χ3n) is 2.85. The number of fused-ring (bicyclic) bond motifs is 1. The van der Waals surface area contributed by atoms with Gasteiger partial charge in [0.2, 0.25) is 11.9 Å². The summed E-state index contributed by atoms with van der Waals surface area (Å²) in [4.78, 5) is 11.8. The van der Waals surface area contributed by atoms with Gasteiger partial charge in [0, 0.05) is 0 Å². The molecule has 0 amide bonds. The summed E-state index contributed by atoms with van der Waals surface area (Å²) in [5, 5.41) is 2.94. The Balaban J connectivity index is 1.96. The largest absolute Gasteiger partial charge is 0.458 e. The van der Waals surface area contributed by atoms with E-state index in [1.807, 2.05) is 0 Å². The molecular formula is C14H14FN5O2. The van der Waals surface area contributed by atoms with Gasteiger partial charge in [0.1, 0.15) is 12.5 Å². The molecule has 114 valence electrons. The molecule has 7 nitrogen and oxygen atoms in total. The lowest BCUT2D eigenvalue weighted by Crippen LogP contribution is -2.17. The van der Waals surface area contributed by atoms with E-state index in [2.05, 4.69) is 20.3 Å². The predicted octanol–water partition coefficient (Wildman–Crippen LogP) is 2.64. The van der Waals surface area contributed by atoms with E-state index in [4.69, 9.17) is 15.2 Å². The Morgan fingerprint density at radius 3 is 2.68 bits per heavy atom. The number of benzene rings is 1. The number of rotatable bonds is 3. The van der Waals surface area contributed by atoms with Crippen LogP contribution >= 0.6 is 0 Å². The van der Waals surface area contributed by atoms with Crippen LogP contribution in [-0.4, -0.2) is 15.0 Å². The van der Waals surface area contributed by atoms with Crippen molar-refractivity contribution in [1.29, 1.82) is 0 Å². The van der Waals surface area contributed by atoms with Crippen LogP contribution in [-0.2, 0) is 5.67 Å². The fourth-order valence-electron chi connectivity index (χ4n) is 1.86. The summed E-state index contributed by atoms with van der Waals surface area (Å²) in [6.45, 7) is 2.69. The van der Waals surface area contributed by atoms with Gasteiger partial charge in [-0.05, 0) is 26.0 Å². The minimum absolute atomic E-state index is 0.0515. The van der Waals surface area contributed by atoms with Gasteiger partial charge in [-0.1, -0.05) is 6.07 Å². The molecule has 3 rings (SSSR count). The van der Waals surface area contributed by atoms with Crippen LogP contribution in [0, 0.1) is 0 Å². The second-order valence-corrected chi connectivity index (χ2v) is 5.08. The van der Waals surface area contributed by atoms with Gasteiger partial charge in [-0.15, -0.1) is 0 Å².